The van der Waals surface area contributed by atoms with E-state index in [1.807, 2.05) is 25.1 Å². The molecule has 19 heavy (non-hydrogen) atoms. The molecule has 0 saturated carbocycles. The number of Topliss-reactive ketones (excluding diaryl/α,β-unsaturated/α-hetero) is 1. The van der Waals surface area contributed by atoms with Gasteiger partial charge in [-0.05, 0) is 56.6 Å². The molecule has 1 aliphatic heterocycles. The Hall–Kier alpha value is -1.35. The molecule has 1 heterocycles. The minimum Gasteiger partial charge on any atom is -0.496 e. The van der Waals surface area contributed by atoms with Crippen LogP contribution in [-0.4, -0.2) is 37.4 Å². The lowest BCUT2D eigenvalue weighted by Crippen LogP contribution is -2.30. The summed E-state index contributed by atoms with van der Waals surface area (Å²) in [7, 11) is 1.65. The summed E-state index contributed by atoms with van der Waals surface area (Å²) in [5, 5.41) is 0. The van der Waals surface area contributed by atoms with Crippen molar-refractivity contribution in [2.75, 3.05) is 26.7 Å². The van der Waals surface area contributed by atoms with Crippen molar-refractivity contribution in [1.82, 2.24) is 4.90 Å². The van der Waals surface area contributed by atoms with E-state index in [0.29, 0.717) is 6.54 Å². The van der Waals surface area contributed by atoms with E-state index in [2.05, 4.69) is 4.90 Å². The fraction of sp³-hybridized carbons (Fsp3) is 0.562. The van der Waals surface area contributed by atoms with Crippen LogP contribution >= 0.6 is 0 Å². The van der Waals surface area contributed by atoms with Crippen molar-refractivity contribution in [2.45, 2.75) is 32.6 Å². The molecule has 0 bridgehead atoms. The van der Waals surface area contributed by atoms with Gasteiger partial charge in [0.1, 0.15) is 5.75 Å². The first-order chi connectivity index (χ1) is 9.20. The molecule has 3 heteroatoms. The predicted octanol–water partition coefficient (Wildman–Crippen LogP) is 3.06. The lowest BCUT2D eigenvalue weighted by molar-refractivity contribution is 0.0933. The Morgan fingerprint density at radius 1 is 1.21 bits per heavy atom. The largest absolute Gasteiger partial charge is 0.496 e. The second kappa shape index (κ2) is 6.71. The number of ketones is 1. The predicted molar refractivity (Wildman–Crippen MR) is 77.0 cm³/mol. The summed E-state index contributed by atoms with van der Waals surface area (Å²) in [5.41, 5.74) is 1.81. The van der Waals surface area contributed by atoms with E-state index in [9.17, 15) is 4.79 Å². The highest BCUT2D eigenvalue weighted by Crippen LogP contribution is 2.19. The van der Waals surface area contributed by atoms with Crippen molar-refractivity contribution in [2.24, 2.45) is 0 Å². The quantitative estimate of drug-likeness (QED) is 0.780. The van der Waals surface area contributed by atoms with E-state index < -0.39 is 0 Å². The van der Waals surface area contributed by atoms with Crippen LogP contribution in [0, 0.1) is 6.92 Å². The van der Waals surface area contributed by atoms with Gasteiger partial charge in [-0.15, -0.1) is 0 Å². The molecule has 0 aromatic heterocycles. The molecule has 1 aliphatic rings. The maximum Gasteiger partial charge on any atom is 0.176 e. The molecule has 1 aromatic carbocycles. The van der Waals surface area contributed by atoms with Crippen molar-refractivity contribution in [3.63, 3.8) is 0 Å². The van der Waals surface area contributed by atoms with Crippen LogP contribution in [0.25, 0.3) is 0 Å². The van der Waals surface area contributed by atoms with Gasteiger partial charge in [-0.3, -0.25) is 9.69 Å². The Kier molecular flexibility index (Phi) is 4.97. The van der Waals surface area contributed by atoms with E-state index in [1.165, 1.54) is 25.7 Å². The zero-order valence-electron chi connectivity index (χ0n) is 11.9. The number of likely N-dealkylation sites (tertiary alicyclic amines) is 1. The third kappa shape index (κ3) is 3.80. The number of ether oxygens (including phenoxy) is 1. The lowest BCUT2D eigenvalue weighted by Gasteiger charge is -2.18. The summed E-state index contributed by atoms with van der Waals surface area (Å²) >= 11 is 0. The molecule has 0 aliphatic carbocycles. The highest BCUT2D eigenvalue weighted by Gasteiger charge is 2.15. The maximum atomic E-state index is 12.3. The van der Waals surface area contributed by atoms with Crippen LogP contribution in [0.3, 0.4) is 0 Å². The Morgan fingerprint density at radius 2 is 1.89 bits per heavy atom. The van der Waals surface area contributed by atoms with Gasteiger partial charge in [0.15, 0.2) is 5.78 Å². The van der Waals surface area contributed by atoms with Gasteiger partial charge in [0.2, 0.25) is 0 Å². The summed E-state index contributed by atoms with van der Waals surface area (Å²) < 4.78 is 5.22. The second-order valence-electron chi connectivity index (χ2n) is 5.30. The van der Waals surface area contributed by atoms with E-state index in [1.54, 1.807) is 7.11 Å². The number of benzene rings is 1. The Morgan fingerprint density at radius 3 is 2.47 bits per heavy atom. The molecule has 0 atom stereocenters. The SMILES string of the molecule is COc1ccc(C(=O)CN2CCCCCC2)cc1C. The fourth-order valence-corrected chi connectivity index (χ4v) is 2.64. The van der Waals surface area contributed by atoms with Gasteiger partial charge in [0.25, 0.3) is 0 Å². The van der Waals surface area contributed by atoms with Gasteiger partial charge in [-0.25, -0.2) is 0 Å². The number of methoxy groups -OCH3 is 1. The number of hydrogen-bond acceptors (Lipinski definition) is 3. The van der Waals surface area contributed by atoms with Gasteiger partial charge in [-0.1, -0.05) is 12.8 Å². The molecule has 1 saturated heterocycles. The highest BCUT2D eigenvalue weighted by molar-refractivity contribution is 5.97. The van der Waals surface area contributed by atoms with Gasteiger partial charge >= 0.3 is 0 Å². The molecule has 2 rings (SSSR count). The van der Waals surface area contributed by atoms with Gasteiger partial charge < -0.3 is 4.74 Å². The Labute approximate surface area is 115 Å². The minimum absolute atomic E-state index is 0.215. The van der Waals surface area contributed by atoms with E-state index >= 15 is 0 Å². The molecular formula is C16H23NO2. The first-order valence-electron chi connectivity index (χ1n) is 7.11. The van der Waals surface area contributed by atoms with Crippen LogP contribution in [0.4, 0.5) is 0 Å². The van der Waals surface area contributed by atoms with Crippen molar-refractivity contribution in [1.29, 1.82) is 0 Å². The van der Waals surface area contributed by atoms with Gasteiger partial charge in [0, 0.05) is 5.56 Å². The van der Waals surface area contributed by atoms with Gasteiger partial charge in [0.05, 0.1) is 13.7 Å². The highest BCUT2D eigenvalue weighted by atomic mass is 16.5. The third-order valence-corrected chi connectivity index (χ3v) is 3.78. The molecule has 0 radical (unpaired) electrons. The molecule has 3 nitrogen and oxygen atoms in total. The summed E-state index contributed by atoms with van der Waals surface area (Å²) in [6.07, 6.45) is 5.03. The maximum absolute atomic E-state index is 12.3. The molecule has 0 N–H and O–H groups in total. The van der Waals surface area contributed by atoms with Crippen LogP contribution in [0.5, 0.6) is 5.75 Å². The van der Waals surface area contributed by atoms with E-state index in [0.717, 1.165) is 30.0 Å². The number of nitrogens with zero attached hydrogens (tertiary/aromatic N) is 1. The molecule has 0 spiro atoms. The van der Waals surface area contributed by atoms with Crippen LogP contribution in [0.1, 0.15) is 41.6 Å². The van der Waals surface area contributed by atoms with Crippen LogP contribution in [-0.2, 0) is 0 Å². The topological polar surface area (TPSA) is 29.5 Å². The zero-order chi connectivity index (χ0) is 13.7. The molecule has 1 aromatic rings. The molecular weight excluding hydrogens is 238 g/mol. The number of hydrogen-bond donors (Lipinski definition) is 0. The van der Waals surface area contributed by atoms with Crippen molar-refractivity contribution >= 4 is 5.78 Å². The van der Waals surface area contributed by atoms with E-state index in [4.69, 9.17) is 4.74 Å². The van der Waals surface area contributed by atoms with Gasteiger partial charge in [-0.2, -0.15) is 0 Å². The molecule has 1 fully saturated rings. The standard InChI is InChI=1S/C16H23NO2/c1-13-11-14(7-8-16(13)19-2)15(18)12-17-9-5-3-4-6-10-17/h7-8,11H,3-6,9-10,12H2,1-2H3. The molecule has 104 valence electrons. The Bertz CT molecular complexity index is 434. The molecule has 0 unspecified atom stereocenters. The fourth-order valence-electron chi connectivity index (χ4n) is 2.64. The van der Waals surface area contributed by atoms with Crippen molar-refractivity contribution in [3.05, 3.63) is 29.3 Å². The summed E-state index contributed by atoms with van der Waals surface area (Å²) in [4.78, 5) is 14.6. The van der Waals surface area contributed by atoms with Crippen molar-refractivity contribution in [3.8, 4) is 5.75 Å². The first-order valence-corrected chi connectivity index (χ1v) is 7.11. The first kappa shape index (κ1) is 14.1. The minimum atomic E-state index is 0.215. The molecule has 0 amide bonds. The normalized spacial score (nSPS) is 16.9. The Balaban J connectivity index is 2.00. The average Bonchev–Trinajstić information content (AvgIpc) is 2.67. The third-order valence-electron chi connectivity index (χ3n) is 3.78. The summed E-state index contributed by atoms with van der Waals surface area (Å²) in [6.45, 7) is 4.63. The number of carbonyl (C=O) groups is 1. The van der Waals surface area contributed by atoms with Crippen molar-refractivity contribution < 1.29 is 9.53 Å². The number of carbonyl (C=O) groups excluding carboxylic acids is 1. The van der Waals surface area contributed by atoms with Crippen LogP contribution < -0.4 is 4.74 Å². The summed E-state index contributed by atoms with van der Waals surface area (Å²) in [6, 6.07) is 5.68. The zero-order valence-corrected chi connectivity index (χ0v) is 11.9. The van der Waals surface area contributed by atoms with E-state index in [-0.39, 0.29) is 5.78 Å². The monoisotopic (exact) mass is 261 g/mol. The van der Waals surface area contributed by atoms with Crippen LogP contribution in [0.15, 0.2) is 18.2 Å². The smallest absolute Gasteiger partial charge is 0.176 e. The average molecular weight is 261 g/mol. The summed E-state index contributed by atoms with van der Waals surface area (Å²) in [5.74, 6) is 1.05. The number of rotatable bonds is 4. The number of aryl methyl sites for hydroxylation is 1. The second-order valence-corrected chi connectivity index (χ2v) is 5.30. The lowest BCUT2D eigenvalue weighted by atomic mass is 10.1. The van der Waals surface area contributed by atoms with Crippen LogP contribution in [0.2, 0.25) is 0 Å².